The fourth-order valence-electron chi connectivity index (χ4n) is 3.04. The highest BCUT2D eigenvalue weighted by Gasteiger charge is 2.28. The molecular weight excluding hydrogens is 435 g/mol. The SMILES string of the molecule is CCOC(=O)c1cccc(Nc2ccc(N(C)c3ccc(OCC(F)(F)F)cc3)cc2C)n1. The summed E-state index contributed by atoms with van der Waals surface area (Å²) in [6, 6.07) is 17.2. The second kappa shape index (κ2) is 10.2. The molecule has 0 unspecified atom stereocenters. The number of carbonyl (C=O) groups excluding carboxylic acids is 1. The van der Waals surface area contributed by atoms with E-state index in [1.54, 1.807) is 37.3 Å². The van der Waals surface area contributed by atoms with E-state index in [0.717, 1.165) is 22.6 Å². The Morgan fingerprint density at radius 1 is 1.06 bits per heavy atom. The fraction of sp³-hybridized carbons (Fsp3) is 0.250. The van der Waals surface area contributed by atoms with Crippen molar-refractivity contribution in [2.24, 2.45) is 0 Å². The number of hydrogen-bond acceptors (Lipinski definition) is 6. The first-order valence-corrected chi connectivity index (χ1v) is 10.2. The van der Waals surface area contributed by atoms with Gasteiger partial charge in [0.1, 0.15) is 11.6 Å². The Kier molecular flexibility index (Phi) is 7.42. The minimum atomic E-state index is -4.38. The molecule has 0 saturated heterocycles. The zero-order valence-corrected chi connectivity index (χ0v) is 18.4. The maximum atomic E-state index is 12.3. The van der Waals surface area contributed by atoms with E-state index < -0.39 is 18.8 Å². The van der Waals surface area contributed by atoms with Crippen LogP contribution in [0.25, 0.3) is 0 Å². The monoisotopic (exact) mass is 459 g/mol. The molecule has 0 aliphatic carbocycles. The maximum Gasteiger partial charge on any atom is 0.422 e. The highest BCUT2D eigenvalue weighted by Crippen LogP contribution is 2.30. The summed E-state index contributed by atoms with van der Waals surface area (Å²) in [6.45, 7) is 2.62. The Balaban J connectivity index is 1.70. The summed E-state index contributed by atoms with van der Waals surface area (Å²) in [7, 11) is 1.86. The predicted molar refractivity (Wildman–Crippen MR) is 121 cm³/mol. The van der Waals surface area contributed by atoms with E-state index in [2.05, 4.69) is 10.3 Å². The topological polar surface area (TPSA) is 63.7 Å². The molecule has 0 aliphatic rings. The summed E-state index contributed by atoms with van der Waals surface area (Å²) in [5.41, 5.74) is 3.65. The van der Waals surface area contributed by atoms with Crippen LogP contribution in [0.1, 0.15) is 23.0 Å². The molecule has 3 rings (SSSR count). The number of nitrogens with zero attached hydrogens (tertiary/aromatic N) is 2. The second-order valence-electron chi connectivity index (χ2n) is 7.21. The molecule has 174 valence electrons. The summed E-state index contributed by atoms with van der Waals surface area (Å²) in [5, 5.41) is 3.20. The second-order valence-corrected chi connectivity index (χ2v) is 7.21. The predicted octanol–water partition coefficient (Wildman–Crippen LogP) is 6.02. The molecule has 33 heavy (non-hydrogen) atoms. The fourth-order valence-corrected chi connectivity index (χ4v) is 3.04. The van der Waals surface area contributed by atoms with Crippen molar-refractivity contribution in [1.29, 1.82) is 0 Å². The molecule has 3 aromatic rings. The molecule has 1 aromatic heterocycles. The van der Waals surface area contributed by atoms with Gasteiger partial charge in [-0.05, 0) is 74.0 Å². The Morgan fingerprint density at radius 3 is 2.39 bits per heavy atom. The van der Waals surface area contributed by atoms with E-state index in [1.807, 2.05) is 37.1 Å². The normalized spacial score (nSPS) is 11.1. The minimum absolute atomic E-state index is 0.151. The Morgan fingerprint density at radius 2 is 1.76 bits per heavy atom. The standard InChI is InChI=1S/C24H24F3N3O3/c1-4-32-23(31)21-6-5-7-22(29-21)28-20-13-10-18(14-16(20)2)30(3)17-8-11-19(12-9-17)33-15-24(25,26)27/h5-14H,4,15H2,1-3H3,(H,28,29). The molecule has 0 aliphatic heterocycles. The van der Waals surface area contributed by atoms with Crippen molar-refractivity contribution in [2.75, 3.05) is 30.5 Å². The lowest BCUT2D eigenvalue weighted by atomic mass is 10.1. The number of rotatable bonds is 8. The first-order valence-electron chi connectivity index (χ1n) is 10.2. The lowest BCUT2D eigenvalue weighted by Gasteiger charge is -2.21. The van der Waals surface area contributed by atoms with Gasteiger partial charge in [0.2, 0.25) is 0 Å². The van der Waals surface area contributed by atoms with Crippen LogP contribution in [0, 0.1) is 6.92 Å². The summed E-state index contributed by atoms with van der Waals surface area (Å²) >= 11 is 0. The Labute approximate surface area is 190 Å². The van der Waals surface area contributed by atoms with Gasteiger partial charge in [-0.25, -0.2) is 9.78 Å². The molecule has 6 nitrogen and oxygen atoms in total. The average molecular weight is 459 g/mol. The van der Waals surface area contributed by atoms with Gasteiger partial charge in [-0.2, -0.15) is 13.2 Å². The number of aromatic nitrogens is 1. The van der Waals surface area contributed by atoms with Crippen LogP contribution >= 0.6 is 0 Å². The van der Waals surface area contributed by atoms with Gasteiger partial charge < -0.3 is 19.7 Å². The van der Waals surface area contributed by atoms with Crippen LogP contribution in [-0.4, -0.2) is 37.4 Å². The number of esters is 1. The highest BCUT2D eigenvalue weighted by atomic mass is 19.4. The van der Waals surface area contributed by atoms with Crippen LogP contribution in [0.4, 0.5) is 36.1 Å². The zero-order valence-electron chi connectivity index (χ0n) is 18.4. The number of pyridine rings is 1. The molecule has 2 aromatic carbocycles. The molecule has 9 heteroatoms. The third kappa shape index (κ3) is 6.61. The van der Waals surface area contributed by atoms with Gasteiger partial charge in [0.15, 0.2) is 12.3 Å². The van der Waals surface area contributed by atoms with Crippen molar-refractivity contribution in [3.63, 3.8) is 0 Å². The molecular formula is C24H24F3N3O3. The van der Waals surface area contributed by atoms with Crippen molar-refractivity contribution in [3.8, 4) is 5.75 Å². The van der Waals surface area contributed by atoms with Crippen LogP contribution in [-0.2, 0) is 4.74 Å². The van der Waals surface area contributed by atoms with E-state index in [1.165, 1.54) is 12.1 Å². The van der Waals surface area contributed by atoms with Gasteiger partial charge in [0.05, 0.1) is 6.61 Å². The third-order valence-electron chi connectivity index (χ3n) is 4.72. The van der Waals surface area contributed by atoms with Gasteiger partial charge in [-0.1, -0.05) is 6.07 Å². The largest absolute Gasteiger partial charge is 0.484 e. The molecule has 0 saturated carbocycles. The number of nitrogens with one attached hydrogen (secondary N) is 1. The van der Waals surface area contributed by atoms with Gasteiger partial charge >= 0.3 is 12.1 Å². The smallest absolute Gasteiger partial charge is 0.422 e. The Hall–Kier alpha value is -3.75. The van der Waals surface area contributed by atoms with Crippen molar-refractivity contribution < 1.29 is 27.4 Å². The number of alkyl halides is 3. The molecule has 0 fully saturated rings. The van der Waals surface area contributed by atoms with Gasteiger partial charge in [0, 0.05) is 24.1 Å². The number of halogens is 3. The van der Waals surface area contributed by atoms with Gasteiger partial charge in [-0.3, -0.25) is 0 Å². The van der Waals surface area contributed by atoms with Gasteiger partial charge in [-0.15, -0.1) is 0 Å². The van der Waals surface area contributed by atoms with Crippen LogP contribution in [0.15, 0.2) is 60.7 Å². The van der Waals surface area contributed by atoms with Crippen LogP contribution in [0.5, 0.6) is 5.75 Å². The maximum absolute atomic E-state index is 12.3. The molecule has 0 amide bonds. The Bertz CT molecular complexity index is 1100. The molecule has 1 N–H and O–H groups in total. The first-order chi connectivity index (χ1) is 15.7. The summed E-state index contributed by atoms with van der Waals surface area (Å²) < 4.78 is 46.6. The van der Waals surface area contributed by atoms with E-state index in [9.17, 15) is 18.0 Å². The first kappa shape index (κ1) is 23.9. The number of ether oxygens (including phenoxy) is 2. The lowest BCUT2D eigenvalue weighted by Crippen LogP contribution is -2.19. The lowest BCUT2D eigenvalue weighted by molar-refractivity contribution is -0.153. The average Bonchev–Trinajstić information content (AvgIpc) is 2.79. The van der Waals surface area contributed by atoms with Gasteiger partial charge in [0.25, 0.3) is 0 Å². The number of benzene rings is 2. The van der Waals surface area contributed by atoms with Crippen LogP contribution in [0.2, 0.25) is 0 Å². The van der Waals surface area contributed by atoms with Crippen molar-refractivity contribution in [2.45, 2.75) is 20.0 Å². The minimum Gasteiger partial charge on any atom is -0.484 e. The summed E-state index contributed by atoms with van der Waals surface area (Å²) in [4.78, 5) is 18.1. The molecule has 0 bridgehead atoms. The van der Waals surface area contributed by atoms with E-state index >= 15 is 0 Å². The summed E-state index contributed by atoms with van der Waals surface area (Å²) in [6.07, 6.45) is -4.38. The van der Waals surface area contributed by atoms with Crippen LogP contribution in [0.3, 0.4) is 0 Å². The zero-order chi connectivity index (χ0) is 24.0. The van der Waals surface area contributed by atoms with E-state index in [4.69, 9.17) is 9.47 Å². The number of carbonyl (C=O) groups is 1. The molecule has 0 atom stereocenters. The quantitative estimate of drug-likeness (QED) is 0.416. The number of aryl methyl sites for hydroxylation is 1. The molecule has 1 heterocycles. The van der Waals surface area contributed by atoms with Crippen molar-refractivity contribution >= 4 is 28.8 Å². The molecule has 0 radical (unpaired) electrons. The summed E-state index contributed by atoms with van der Waals surface area (Å²) in [5.74, 6) is 0.182. The number of hydrogen-bond donors (Lipinski definition) is 1. The third-order valence-corrected chi connectivity index (χ3v) is 4.72. The van der Waals surface area contributed by atoms with Crippen molar-refractivity contribution in [3.05, 3.63) is 71.9 Å². The van der Waals surface area contributed by atoms with E-state index in [0.29, 0.717) is 5.82 Å². The van der Waals surface area contributed by atoms with E-state index in [-0.39, 0.29) is 18.1 Å². The van der Waals surface area contributed by atoms with Crippen LogP contribution < -0.4 is 15.0 Å². The van der Waals surface area contributed by atoms with Crippen molar-refractivity contribution in [1.82, 2.24) is 4.98 Å². The number of anilines is 4. The highest BCUT2D eigenvalue weighted by molar-refractivity contribution is 5.87. The molecule has 0 spiro atoms.